The average molecular weight is 322 g/mol. The van der Waals surface area contributed by atoms with E-state index in [1.165, 1.54) is 6.33 Å². The number of carbonyl (C=O) groups is 1. The Kier molecular flexibility index (Phi) is 4.24. The van der Waals surface area contributed by atoms with Crippen molar-refractivity contribution in [2.24, 2.45) is 0 Å². The summed E-state index contributed by atoms with van der Waals surface area (Å²) < 4.78 is 1.74. The average Bonchev–Trinajstić information content (AvgIpc) is 2.97. The van der Waals surface area contributed by atoms with Crippen LogP contribution in [0.2, 0.25) is 0 Å². The van der Waals surface area contributed by atoms with E-state index in [0.717, 1.165) is 11.4 Å². The van der Waals surface area contributed by atoms with E-state index in [2.05, 4.69) is 20.4 Å². The monoisotopic (exact) mass is 322 g/mol. The van der Waals surface area contributed by atoms with Crippen molar-refractivity contribution in [2.45, 2.75) is 6.92 Å². The van der Waals surface area contributed by atoms with E-state index in [9.17, 15) is 4.79 Å². The van der Waals surface area contributed by atoms with Gasteiger partial charge in [0.2, 0.25) is 0 Å². The highest BCUT2D eigenvalue weighted by atomic mass is 16.1. The Morgan fingerprint density at radius 1 is 1.17 bits per heavy atom. The molecule has 0 saturated heterocycles. The summed E-state index contributed by atoms with van der Waals surface area (Å²) in [4.78, 5) is 22.6. The molecule has 0 aliphatic carbocycles. The highest BCUT2D eigenvalue weighted by molar-refractivity contribution is 6.06. The molecule has 1 amide bonds. The number of carbonyl (C=O) groups excluding carboxylic acids is 1. The molecule has 2 aromatic heterocycles. The van der Waals surface area contributed by atoms with Gasteiger partial charge >= 0.3 is 0 Å². The Morgan fingerprint density at radius 2 is 1.92 bits per heavy atom. The summed E-state index contributed by atoms with van der Waals surface area (Å²) in [6.45, 7) is 1.86. The van der Waals surface area contributed by atoms with Crippen LogP contribution in [0.5, 0.6) is 0 Å². The van der Waals surface area contributed by atoms with Crippen molar-refractivity contribution in [1.82, 2.24) is 19.7 Å². The first kappa shape index (κ1) is 15.7. The van der Waals surface area contributed by atoms with Crippen LogP contribution in [-0.4, -0.2) is 39.8 Å². The summed E-state index contributed by atoms with van der Waals surface area (Å²) in [7, 11) is 3.72. The zero-order valence-corrected chi connectivity index (χ0v) is 13.8. The number of rotatable bonds is 4. The molecule has 1 aromatic carbocycles. The minimum atomic E-state index is -0.243. The lowest BCUT2D eigenvalue weighted by atomic mass is 10.2. The van der Waals surface area contributed by atoms with Crippen molar-refractivity contribution < 1.29 is 4.79 Å². The zero-order chi connectivity index (χ0) is 17.1. The van der Waals surface area contributed by atoms with Crippen LogP contribution < -0.4 is 10.2 Å². The number of hydrogen-bond donors (Lipinski definition) is 1. The van der Waals surface area contributed by atoms with Gasteiger partial charge in [-0.05, 0) is 19.1 Å². The first-order chi connectivity index (χ1) is 11.6. The van der Waals surface area contributed by atoms with Gasteiger partial charge in [-0.2, -0.15) is 5.10 Å². The van der Waals surface area contributed by atoms with E-state index in [1.54, 1.807) is 17.1 Å². The van der Waals surface area contributed by atoms with Gasteiger partial charge < -0.3 is 10.2 Å². The second-order valence-electron chi connectivity index (χ2n) is 5.50. The van der Waals surface area contributed by atoms with Gasteiger partial charge in [-0.15, -0.1) is 0 Å². The molecule has 7 nitrogen and oxygen atoms in total. The molecule has 0 unspecified atom stereocenters. The molecular weight excluding hydrogens is 304 g/mol. The van der Waals surface area contributed by atoms with Crippen LogP contribution in [0.15, 0.2) is 49.1 Å². The van der Waals surface area contributed by atoms with Crippen molar-refractivity contribution in [3.8, 4) is 5.69 Å². The molecule has 7 heteroatoms. The fourth-order valence-corrected chi connectivity index (χ4v) is 2.42. The van der Waals surface area contributed by atoms with Crippen LogP contribution >= 0.6 is 0 Å². The fourth-order valence-electron chi connectivity index (χ4n) is 2.42. The quantitative estimate of drug-likeness (QED) is 0.797. The van der Waals surface area contributed by atoms with E-state index >= 15 is 0 Å². The normalized spacial score (nSPS) is 10.5. The Labute approximate surface area is 140 Å². The van der Waals surface area contributed by atoms with Crippen molar-refractivity contribution in [2.75, 3.05) is 24.3 Å². The van der Waals surface area contributed by atoms with Crippen molar-refractivity contribution in [1.29, 1.82) is 0 Å². The molecular formula is C17H18N6O. The van der Waals surface area contributed by atoms with Gasteiger partial charge in [-0.1, -0.05) is 18.2 Å². The second kappa shape index (κ2) is 6.49. The molecule has 0 saturated carbocycles. The molecule has 0 aliphatic rings. The molecule has 0 bridgehead atoms. The maximum absolute atomic E-state index is 12.6. The maximum atomic E-state index is 12.6. The van der Waals surface area contributed by atoms with Gasteiger partial charge in [0.15, 0.2) is 5.82 Å². The number of nitrogens with one attached hydrogen (secondary N) is 1. The molecule has 3 rings (SSSR count). The molecule has 24 heavy (non-hydrogen) atoms. The minimum absolute atomic E-state index is 0.243. The second-order valence-corrected chi connectivity index (χ2v) is 5.50. The Hall–Kier alpha value is -3.22. The Bertz CT molecular complexity index is 857. The Balaban J connectivity index is 1.89. The lowest BCUT2D eigenvalue weighted by Gasteiger charge is -2.15. The SMILES string of the molecule is Cc1c(C(=O)Nc2cncnc2N(C)C)cnn1-c1ccccc1. The number of amides is 1. The van der Waals surface area contributed by atoms with E-state index < -0.39 is 0 Å². The van der Waals surface area contributed by atoms with E-state index in [4.69, 9.17) is 0 Å². The largest absolute Gasteiger partial charge is 0.361 e. The predicted molar refractivity (Wildman–Crippen MR) is 92.6 cm³/mol. The predicted octanol–water partition coefficient (Wildman–Crippen LogP) is 2.29. The van der Waals surface area contributed by atoms with Gasteiger partial charge in [-0.3, -0.25) is 4.79 Å². The molecule has 2 heterocycles. The first-order valence-corrected chi connectivity index (χ1v) is 7.46. The van der Waals surface area contributed by atoms with Crippen LogP contribution in [0.25, 0.3) is 5.69 Å². The number of hydrogen-bond acceptors (Lipinski definition) is 5. The lowest BCUT2D eigenvalue weighted by molar-refractivity contribution is 0.102. The van der Waals surface area contributed by atoms with Gasteiger partial charge in [-0.25, -0.2) is 14.6 Å². The third-order valence-corrected chi connectivity index (χ3v) is 3.62. The van der Waals surface area contributed by atoms with Crippen LogP contribution in [0, 0.1) is 6.92 Å². The van der Waals surface area contributed by atoms with Crippen molar-refractivity contribution in [3.63, 3.8) is 0 Å². The standard InChI is InChI=1S/C17H18N6O/c1-12-14(9-20-23(12)13-7-5-4-6-8-13)17(24)21-15-10-18-11-19-16(15)22(2)3/h4-11H,1-3H3,(H,21,24). The van der Waals surface area contributed by atoms with Crippen molar-refractivity contribution >= 4 is 17.4 Å². The molecule has 0 spiro atoms. The third kappa shape index (κ3) is 2.96. The maximum Gasteiger partial charge on any atom is 0.259 e. The van der Waals surface area contributed by atoms with Crippen LogP contribution in [0.4, 0.5) is 11.5 Å². The summed E-state index contributed by atoms with van der Waals surface area (Å²) in [5.74, 6) is 0.402. The molecule has 0 radical (unpaired) electrons. The Morgan fingerprint density at radius 3 is 2.62 bits per heavy atom. The van der Waals surface area contributed by atoms with E-state index in [-0.39, 0.29) is 5.91 Å². The number of benzene rings is 1. The number of aromatic nitrogens is 4. The van der Waals surface area contributed by atoms with Gasteiger partial charge in [0.25, 0.3) is 5.91 Å². The van der Waals surface area contributed by atoms with Crippen LogP contribution in [-0.2, 0) is 0 Å². The van der Waals surface area contributed by atoms with Crippen molar-refractivity contribution in [3.05, 3.63) is 60.3 Å². The third-order valence-electron chi connectivity index (χ3n) is 3.62. The smallest absolute Gasteiger partial charge is 0.259 e. The lowest BCUT2D eigenvalue weighted by Crippen LogP contribution is -2.18. The highest BCUT2D eigenvalue weighted by Crippen LogP contribution is 2.21. The summed E-state index contributed by atoms with van der Waals surface area (Å²) in [6.07, 6.45) is 4.59. The highest BCUT2D eigenvalue weighted by Gasteiger charge is 2.17. The van der Waals surface area contributed by atoms with Gasteiger partial charge in [0, 0.05) is 14.1 Å². The molecule has 122 valence electrons. The molecule has 0 fully saturated rings. The van der Waals surface area contributed by atoms with Crippen LogP contribution in [0.1, 0.15) is 16.1 Å². The summed E-state index contributed by atoms with van der Waals surface area (Å²) in [5, 5.41) is 7.18. The molecule has 0 aliphatic heterocycles. The van der Waals surface area contributed by atoms with E-state index in [0.29, 0.717) is 17.1 Å². The van der Waals surface area contributed by atoms with Gasteiger partial charge in [0.1, 0.15) is 12.0 Å². The molecule has 3 aromatic rings. The molecule has 1 N–H and O–H groups in total. The summed E-state index contributed by atoms with van der Waals surface area (Å²) in [6, 6.07) is 9.68. The minimum Gasteiger partial charge on any atom is -0.361 e. The number of nitrogens with zero attached hydrogens (tertiary/aromatic N) is 5. The molecule has 0 atom stereocenters. The topological polar surface area (TPSA) is 75.9 Å². The van der Waals surface area contributed by atoms with E-state index in [1.807, 2.05) is 56.3 Å². The fraction of sp³-hybridized carbons (Fsp3) is 0.176. The van der Waals surface area contributed by atoms with Crippen LogP contribution in [0.3, 0.4) is 0 Å². The number of para-hydroxylation sites is 1. The van der Waals surface area contributed by atoms with Gasteiger partial charge in [0.05, 0.1) is 29.3 Å². The zero-order valence-electron chi connectivity index (χ0n) is 13.8. The summed E-state index contributed by atoms with van der Waals surface area (Å²) in [5.41, 5.74) is 2.74. The number of anilines is 2. The summed E-state index contributed by atoms with van der Waals surface area (Å²) >= 11 is 0. The first-order valence-electron chi connectivity index (χ1n) is 7.46.